The van der Waals surface area contributed by atoms with Crippen LogP contribution in [0.25, 0.3) is 0 Å². The fourth-order valence-electron chi connectivity index (χ4n) is 1.45. The fourth-order valence-corrected chi connectivity index (χ4v) is 2.37. The summed E-state index contributed by atoms with van der Waals surface area (Å²) in [4.78, 5) is 11.7. The van der Waals surface area contributed by atoms with Gasteiger partial charge in [0.2, 0.25) is 5.91 Å². The van der Waals surface area contributed by atoms with Gasteiger partial charge >= 0.3 is 0 Å². The number of amides is 1. The third-order valence-corrected chi connectivity index (χ3v) is 3.62. The minimum Gasteiger partial charge on any atom is -0.352 e. The number of nitrogens with one attached hydrogen (secondary N) is 1. The van der Waals surface area contributed by atoms with Gasteiger partial charge in [0.25, 0.3) is 0 Å². The number of nitrogens with zero attached hydrogens (tertiary/aromatic N) is 3. The van der Waals surface area contributed by atoms with Crippen LogP contribution in [0.5, 0.6) is 0 Å². The lowest BCUT2D eigenvalue weighted by molar-refractivity contribution is -0.120. The van der Waals surface area contributed by atoms with Gasteiger partial charge in [-0.3, -0.25) is 4.79 Å². The van der Waals surface area contributed by atoms with Crippen LogP contribution in [0.2, 0.25) is 0 Å². The molecule has 1 aliphatic carbocycles. The van der Waals surface area contributed by atoms with Gasteiger partial charge < -0.3 is 9.88 Å². The molecule has 92 valence electrons. The van der Waals surface area contributed by atoms with Crippen LogP contribution < -0.4 is 5.32 Å². The van der Waals surface area contributed by atoms with E-state index in [1.54, 1.807) is 12.4 Å². The molecule has 0 aliphatic heterocycles. The molecule has 0 saturated heterocycles. The first-order valence-corrected chi connectivity index (χ1v) is 6.55. The van der Waals surface area contributed by atoms with E-state index >= 15 is 0 Å². The SMILES string of the molecule is C=CCNC(=O)[C@H](C)Sc1nncn1C1CC1. The predicted molar refractivity (Wildman–Crippen MR) is 66.8 cm³/mol. The summed E-state index contributed by atoms with van der Waals surface area (Å²) in [6, 6.07) is 0.538. The van der Waals surface area contributed by atoms with Gasteiger partial charge in [0.1, 0.15) is 6.33 Å². The van der Waals surface area contributed by atoms with E-state index in [-0.39, 0.29) is 11.2 Å². The first-order valence-electron chi connectivity index (χ1n) is 5.67. The van der Waals surface area contributed by atoms with Crippen LogP contribution in [0.1, 0.15) is 25.8 Å². The summed E-state index contributed by atoms with van der Waals surface area (Å²) in [6.07, 6.45) is 5.78. The van der Waals surface area contributed by atoms with Crippen LogP contribution in [-0.2, 0) is 4.79 Å². The highest BCUT2D eigenvalue weighted by atomic mass is 32.2. The summed E-state index contributed by atoms with van der Waals surface area (Å²) in [7, 11) is 0. The zero-order valence-electron chi connectivity index (χ0n) is 9.80. The molecule has 17 heavy (non-hydrogen) atoms. The van der Waals surface area contributed by atoms with E-state index in [1.807, 2.05) is 6.92 Å². The quantitative estimate of drug-likeness (QED) is 0.614. The zero-order chi connectivity index (χ0) is 12.3. The Bertz CT molecular complexity index is 413. The van der Waals surface area contributed by atoms with Gasteiger partial charge in [-0.15, -0.1) is 16.8 Å². The number of hydrogen-bond donors (Lipinski definition) is 1. The second kappa shape index (κ2) is 5.35. The molecule has 6 heteroatoms. The van der Waals surface area contributed by atoms with E-state index in [0.29, 0.717) is 12.6 Å². The molecular weight excluding hydrogens is 236 g/mol. The first-order chi connectivity index (χ1) is 8.22. The molecule has 1 saturated carbocycles. The molecule has 1 atom stereocenters. The number of thioether (sulfide) groups is 1. The van der Waals surface area contributed by atoms with Crippen molar-refractivity contribution in [1.82, 2.24) is 20.1 Å². The largest absolute Gasteiger partial charge is 0.352 e. The average molecular weight is 252 g/mol. The Morgan fingerprint density at radius 2 is 2.59 bits per heavy atom. The van der Waals surface area contributed by atoms with Gasteiger partial charge in [-0.2, -0.15) is 0 Å². The molecule has 5 nitrogen and oxygen atoms in total. The van der Waals surface area contributed by atoms with Gasteiger partial charge in [0.15, 0.2) is 5.16 Å². The van der Waals surface area contributed by atoms with Crippen molar-refractivity contribution in [2.24, 2.45) is 0 Å². The molecule has 1 aliphatic rings. The van der Waals surface area contributed by atoms with Crippen LogP contribution in [0.3, 0.4) is 0 Å². The smallest absolute Gasteiger partial charge is 0.233 e. The molecule has 0 bridgehead atoms. The highest BCUT2D eigenvalue weighted by Gasteiger charge is 2.27. The molecule has 1 N–H and O–H groups in total. The molecule has 1 fully saturated rings. The van der Waals surface area contributed by atoms with E-state index in [9.17, 15) is 4.79 Å². The summed E-state index contributed by atoms with van der Waals surface area (Å²) in [5.74, 6) is 0.000229. The highest BCUT2D eigenvalue weighted by molar-refractivity contribution is 8.00. The second-order valence-corrected chi connectivity index (χ2v) is 5.35. The lowest BCUT2D eigenvalue weighted by atomic mass is 10.4. The molecule has 0 aromatic carbocycles. The van der Waals surface area contributed by atoms with Crippen molar-refractivity contribution in [2.45, 2.75) is 36.2 Å². The monoisotopic (exact) mass is 252 g/mol. The highest BCUT2D eigenvalue weighted by Crippen LogP contribution is 2.37. The van der Waals surface area contributed by atoms with Crippen LogP contribution >= 0.6 is 11.8 Å². The number of hydrogen-bond acceptors (Lipinski definition) is 4. The van der Waals surface area contributed by atoms with Crippen LogP contribution in [0, 0.1) is 0 Å². The van der Waals surface area contributed by atoms with Crippen LogP contribution in [-0.4, -0.2) is 32.5 Å². The van der Waals surface area contributed by atoms with Gasteiger partial charge in [-0.05, 0) is 19.8 Å². The lowest BCUT2D eigenvalue weighted by Gasteiger charge is -2.10. The van der Waals surface area contributed by atoms with Crippen molar-refractivity contribution in [2.75, 3.05) is 6.54 Å². The van der Waals surface area contributed by atoms with Crippen molar-refractivity contribution in [3.63, 3.8) is 0 Å². The van der Waals surface area contributed by atoms with Gasteiger partial charge in [0, 0.05) is 12.6 Å². The molecule has 0 spiro atoms. The third-order valence-electron chi connectivity index (χ3n) is 2.55. The molecule has 0 radical (unpaired) electrons. The maximum Gasteiger partial charge on any atom is 0.233 e. The summed E-state index contributed by atoms with van der Waals surface area (Å²) < 4.78 is 2.06. The minimum atomic E-state index is -0.170. The summed E-state index contributed by atoms with van der Waals surface area (Å²) in [5.41, 5.74) is 0. The molecule has 1 amide bonds. The maximum atomic E-state index is 11.7. The van der Waals surface area contributed by atoms with E-state index in [1.165, 1.54) is 24.6 Å². The fraction of sp³-hybridized carbons (Fsp3) is 0.545. The Morgan fingerprint density at radius 1 is 1.82 bits per heavy atom. The van der Waals surface area contributed by atoms with E-state index in [2.05, 4.69) is 26.7 Å². The van der Waals surface area contributed by atoms with Gasteiger partial charge in [-0.1, -0.05) is 17.8 Å². The topological polar surface area (TPSA) is 59.8 Å². The number of rotatable bonds is 6. The summed E-state index contributed by atoms with van der Waals surface area (Å²) in [5, 5.41) is 11.4. The summed E-state index contributed by atoms with van der Waals surface area (Å²) >= 11 is 1.45. The Morgan fingerprint density at radius 3 is 3.24 bits per heavy atom. The lowest BCUT2D eigenvalue weighted by Crippen LogP contribution is -2.31. The molecule has 0 unspecified atom stereocenters. The number of aromatic nitrogens is 3. The van der Waals surface area contributed by atoms with Crippen molar-refractivity contribution in [1.29, 1.82) is 0 Å². The van der Waals surface area contributed by atoms with Crippen molar-refractivity contribution >= 4 is 17.7 Å². The van der Waals surface area contributed by atoms with Crippen LogP contribution in [0.4, 0.5) is 0 Å². The maximum absolute atomic E-state index is 11.7. The van der Waals surface area contributed by atoms with E-state index in [4.69, 9.17) is 0 Å². The van der Waals surface area contributed by atoms with Crippen molar-refractivity contribution < 1.29 is 4.79 Å². The standard InChI is InChI=1S/C11H16N4OS/c1-3-6-12-10(16)8(2)17-11-14-13-7-15(11)9-4-5-9/h3,7-9H,1,4-6H2,2H3,(H,12,16)/t8-/m0/s1. The zero-order valence-corrected chi connectivity index (χ0v) is 10.6. The molecular formula is C11H16N4OS. The Balaban J connectivity index is 1.92. The summed E-state index contributed by atoms with van der Waals surface area (Å²) in [6.45, 7) is 5.93. The minimum absolute atomic E-state index is 0.000229. The molecule has 1 heterocycles. The second-order valence-electron chi connectivity index (χ2n) is 4.05. The normalized spacial score (nSPS) is 16.5. The van der Waals surface area contributed by atoms with E-state index < -0.39 is 0 Å². The van der Waals surface area contributed by atoms with Crippen molar-refractivity contribution in [3.8, 4) is 0 Å². The molecule has 1 aromatic rings. The molecule has 2 rings (SSSR count). The van der Waals surface area contributed by atoms with Gasteiger partial charge in [-0.25, -0.2) is 0 Å². The van der Waals surface area contributed by atoms with Gasteiger partial charge in [0.05, 0.1) is 5.25 Å². The predicted octanol–water partition coefficient (Wildman–Crippen LogP) is 1.40. The number of carbonyl (C=O) groups is 1. The average Bonchev–Trinajstić information content (AvgIpc) is 3.07. The third kappa shape index (κ3) is 3.09. The molecule has 1 aromatic heterocycles. The Hall–Kier alpha value is -1.30. The Labute approximate surface area is 105 Å². The number of carbonyl (C=O) groups excluding carboxylic acids is 1. The Kier molecular flexibility index (Phi) is 3.83. The van der Waals surface area contributed by atoms with Crippen molar-refractivity contribution in [3.05, 3.63) is 19.0 Å². The van der Waals surface area contributed by atoms with E-state index in [0.717, 1.165) is 5.16 Å². The van der Waals surface area contributed by atoms with Crippen LogP contribution in [0.15, 0.2) is 24.1 Å². The first kappa shape index (κ1) is 12.2.